The van der Waals surface area contributed by atoms with Crippen LogP contribution in [-0.2, 0) is 13.8 Å². The Hall–Kier alpha value is -1.27. The van der Waals surface area contributed by atoms with Crippen molar-refractivity contribution in [1.29, 1.82) is 0 Å². The van der Waals surface area contributed by atoms with Crippen LogP contribution in [0.4, 0.5) is 0 Å². The predicted molar refractivity (Wildman–Crippen MR) is 75.8 cm³/mol. The van der Waals surface area contributed by atoms with Gasteiger partial charge in [0.15, 0.2) is 0 Å². The summed E-state index contributed by atoms with van der Waals surface area (Å²) in [5.74, 6) is -0.0916. The number of hydrogen-bond acceptors (Lipinski definition) is 5. The van der Waals surface area contributed by atoms with Crippen molar-refractivity contribution in [3.8, 4) is 5.75 Å². The molecule has 1 aromatic carbocycles. The summed E-state index contributed by atoms with van der Waals surface area (Å²) in [5, 5.41) is 0. The molecule has 0 spiro atoms. The maximum atomic E-state index is 11.8. The zero-order chi connectivity index (χ0) is 15.3. The Morgan fingerprint density at radius 3 is 2.50 bits per heavy atom. The zero-order valence-electron chi connectivity index (χ0n) is 11.6. The molecule has 0 atom stereocenters. The first kappa shape index (κ1) is 16.8. The van der Waals surface area contributed by atoms with Crippen LogP contribution in [0.3, 0.4) is 0 Å². The maximum absolute atomic E-state index is 11.8. The van der Waals surface area contributed by atoms with Crippen LogP contribution in [0.5, 0.6) is 5.75 Å². The van der Waals surface area contributed by atoms with E-state index in [0.29, 0.717) is 5.92 Å². The molecule has 1 aromatic rings. The molecule has 0 N–H and O–H groups in total. The third kappa shape index (κ3) is 4.68. The van der Waals surface area contributed by atoms with E-state index in [2.05, 4.69) is 0 Å². The van der Waals surface area contributed by atoms with Gasteiger partial charge in [-0.2, -0.15) is 0 Å². The van der Waals surface area contributed by atoms with Gasteiger partial charge >= 0.3 is 5.97 Å². The van der Waals surface area contributed by atoms with Gasteiger partial charge in [0.05, 0.1) is 19.3 Å². The van der Waals surface area contributed by atoms with E-state index in [-0.39, 0.29) is 22.8 Å². The summed E-state index contributed by atoms with van der Waals surface area (Å²) in [6, 6.07) is 3.95. The summed E-state index contributed by atoms with van der Waals surface area (Å²) in [6.07, 6.45) is 0.739. The Balaban J connectivity index is 2.95. The zero-order valence-corrected chi connectivity index (χ0v) is 13.1. The molecule has 0 radical (unpaired) electrons. The summed E-state index contributed by atoms with van der Waals surface area (Å²) in [4.78, 5) is 11.6. The molecule has 0 aliphatic heterocycles. The standard InChI is InChI=1S/C13H17ClO5S/c1-9(2)6-7-19-13(15)10-4-5-11(18-3)12(8-10)20(14,16)17/h4-5,8-9H,6-7H2,1-3H3. The monoisotopic (exact) mass is 320 g/mol. The highest BCUT2D eigenvalue weighted by atomic mass is 35.7. The summed E-state index contributed by atoms with van der Waals surface area (Å²) < 4.78 is 32.8. The second-order valence-corrected chi connectivity index (χ2v) is 7.16. The lowest BCUT2D eigenvalue weighted by molar-refractivity contribution is 0.0488. The topological polar surface area (TPSA) is 69.7 Å². The first-order chi connectivity index (χ1) is 9.25. The van der Waals surface area contributed by atoms with Crippen molar-refractivity contribution in [2.24, 2.45) is 5.92 Å². The third-order valence-electron chi connectivity index (χ3n) is 2.59. The lowest BCUT2D eigenvalue weighted by atomic mass is 10.1. The SMILES string of the molecule is COc1ccc(C(=O)OCCC(C)C)cc1S(=O)(=O)Cl. The summed E-state index contributed by atoms with van der Waals surface area (Å²) in [6.45, 7) is 4.31. The van der Waals surface area contributed by atoms with Crippen molar-refractivity contribution in [2.75, 3.05) is 13.7 Å². The van der Waals surface area contributed by atoms with E-state index in [9.17, 15) is 13.2 Å². The van der Waals surface area contributed by atoms with Crippen LogP contribution >= 0.6 is 10.7 Å². The van der Waals surface area contributed by atoms with Gasteiger partial charge in [0.2, 0.25) is 0 Å². The van der Waals surface area contributed by atoms with Crippen LogP contribution in [0, 0.1) is 5.92 Å². The van der Waals surface area contributed by atoms with Crippen molar-refractivity contribution in [3.63, 3.8) is 0 Å². The Morgan fingerprint density at radius 2 is 2.00 bits per heavy atom. The molecule has 5 nitrogen and oxygen atoms in total. The highest BCUT2D eigenvalue weighted by Crippen LogP contribution is 2.28. The van der Waals surface area contributed by atoms with Crippen molar-refractivity contribution in [3.05, 3.63) is 23.8 Å². The molecule has 0 saturated carbocycles. The number of benzene rings is 1. The normalized spacial score (nSPS) is 11.4. The fourth-order valence-electron chi connectivity index (χ4n) is 1.46. The number of hydrogen-bond donors (Lipinski definition) is 0. The van der Waals surface area contributed by atoms with E-state index in [4.69, 9.17) is 20.2 Å². The Labute approximate surface area is 123 Å². The van der Waals surface area contributed by atoms with E-state index in [1.807, 2.05) is 13.8 Å². The summed E-state index contributed by atoms with van der Waals surface area (Å²) in [7, 11) is 2.63. The van der Waals surface area contributed by atoms with E-state index in [1.54, 1.807) is 0 Å². The van der Waals surface area contributed by atoms with Crippen LogP contribution in [-0.4, -0.2) is 28.1 Å². The van der Waals surface area contributed by atoms with Gasteiger partial charge < -0.3 is 9.47 Å². The quantitative estimate of drug-likeness (QED) is 0.595. The van der Waals surface area contributed by atoms with Crippen LogP contribution in [0.2, 0.25) is 0 Å². The molecule has 1 rings (SSSR count). The Bertz CT molecular complexity index is 580. The van der Waals surface area contributed by atoms with E-state index >= 15 is 0 Å². The van der Waals surface area contributed by atoms with Gasteiger partial charge in [0.25, 0.3) is 9.05 Å². The van der Waals surface area contributed by atoms with Crippen molar-refractivity contribution >= 4 is 25.7 Å². The Morgan fingerprint density at radius 1 is 1.35 bits per heavy atom. The van der Waals surface area contributed by atoms with Crippen molar-refractivity contribution in [1.82, 2.24) is 0 Å². The van der Waals surface area contributed by atoms with Gasteiger partial charge in [-0.3, -0.25) is 0 Å². The molecular formula is C13H17ClO5S. The number of rotatable bonds is 6. The first-order valence-corrected chi connectivity index (χ1v) is 8.36. The molecule has 0 fully saturated rings. The number of carbonyl (C=O) groups is 1. The van der Waals surface area contributed by atoms with Gasteiger partial charge in [-0.25, -0.2) is 13.2 Å². The molecule has 20 heavy (non-hydrogen) atoms. The molecule has 0 unspecified atom stereocenters. The molecule has 0 aliphatic carbocycles. The van der Waals surface area contributed by atoms with Gasteiger partial charge in [-0.05, 0) is 30.5 Å². The molecule has 112 valence electrons. The minimum absolute atomic E-state index is 0.0822. The van der Waals surface area contributed by atoms with Crippen LogP contribution in [0.1, 0.15) is 30.6 Å². The van der Waals surface area contributed by atoms with E-state index in [0.717, 1.165) is 12.5 Å². The average molecular weight is 321 g/mol. The molecule has 0 bridgehead atoms. The van der Waals surface area contributed by atoms with Gasteiger partial charge in [0.1, 0.15) is 10.6 Å². The summed E-state index contributed by atoms with van der Waals surface area (Å²) >= 11 is 0. The van der Waals surface area contributed by atoms with Crippen molar-refractivity contribution in [2.45, 2.75) is 25.2 Å². The van der Waals surface area contributed by atoms with E-state index < -0.39 is 15.0 Å². The van der Waals surface area contributed by atoms with Crippen LogP contribution < -0.4 is 4.74 Å². The smallest absolute Gasteiger partial charge is 0.338 e. The van der Waals surface area contributed by atoms with Gasteiger partial charge in [-0.15, -0.1) is 0 Å². The lowest BCUT2D eigenvalue weighted by Crippen LogP contribution is -2.09. The number of esters is 1. The van der Waals surface area contributed by atoms with E-state index in [1.165, 1.54) is 19.2 Å². The fourth-order valence-corrected chi connectivity index (χ4v) is 2.49. The number of halogens is 1. The Kier molecular flexibility index (Phi) is 5.83. The number of carbonyl (C=O) groups excluding carboxylic acids is 1. The van der Waals surface area contributed by atoms with Crippen LogP contribution in [0.15, 0.2) is 23.1 Å². The number of ether oxygens (including phenoxy) is 2. The predicted octanol–water partition coefficient (Wildman–Crippen LogP) is 2.83. The molecule has 0 saturated heterocycles. The third-order valence-corrected chi connectivity index (χ3v) is 3.93. The molecule has 0 heterocycles. The highest BCUT2D eigenvalue weighted by molar-refractivity contribution is 8.13. The molecule has 7 heteroatoms. The highest BCUT2D eigenvalue weighted by Gasteiger charge is 2.20. The number of methoxy groups -OCH3 is 1. The maximum Gasteiger partial charge on any atom is 0.338 e. The average Bonchev–Trinajstić information content (AvgIpc) is 2.36. The molecule has 0 amide bonds. The fraction of sp³-hybridized carbons (Fsp3) is 0.462. The largest absolute Gasteiger partial charge is 0.495 e. The first-order valence-electron chi connectivity index (χ1n) is 6.05. The molecular weight excluding hydrogens is 304 g/mol. The van der Waals surface area contributed by atoms with Crippen molar-refractivity contribution < 1.29 is 22.7 Å². The molecule has 0 aliphatic rings. The van der Waals surface area contributed by atoms with Gasteiger partial charge in [-0.1, -0.05) is 13.8 Å². The van der Waals surface area contributed by atoms with Gasteiger partial charge in [0, 0.05) is 10.7 Å². The summed E-state index contributed by atoms with van der Waals surface area (Å²) in [5.41, 5.74) is 0.119. The lowest BCUT2D eigenvalue weighted by Gasteiger charge is -2.09. The second-order valence-electron chi connectivity index (χ2n) is 4.62. The van der Waals surface area contributed by atoms with Crippen LogP contribution in [0.25, 0.3) is 0 Å². The molecule has 0 aromatic heterocycles. The minimum Gasteiger partial charge on any atom is -0.495 e. The minimum atomic E-state index is -4.00. The second kappa shape index (κ2) is 6.95.